The van der Waals surface area contributed by atoms with Crippen molar-refractivity contribution in [1.29, 1.82) is 0 Å². The Morgan fingerprint density at radius 3 is 3.14 bits per heavy atom. The maximum Gasteiger partial charge on any atom is 0.162 e. The normalized spacial score (nSPS) is 16.9. The average Bonchev–Trinajstić information content (AvgIpc) is 2.51. The van der Waals surface area contributed by atoms with Crippen molar-refractivity contribution in [2.24, 2.45) is 0 Å². The van der Waals surface area contributed by atoms with Gasteiger partial charge in [-0.05, 0) is 26.3 Å². The molecule has 1 aliphatic carbocycles. The zero-order valence-electron chi connectivity index (χ0n) is 8.45. The minimum absolute atomic E-state index is 0.452. The second kappa shape index (κ2) is 4.57. The van der Waals surface area contributed by atoms with Crippen molar-refractivity contribution in [3.63, 3.8) is 0 Å². The first-order valence-electron chi connectivity index (χ1n) is 5.09. The van der Waals surface area contributed by atoms with E-state index in [2.05, 4.69) is 10.5 Å². The fraction of sp³-hybridized carbons (Fsp3) is 0.700. The molecular formula is C10H16N2O2. The summed E-state index contributed by atoms with van der Waals surface area (Å²) in [6.07, 6.45) is 4.13. The Balaban J connectivity index is 1.77. The Bertz CT molecular complexity index is 281. The molecule has 1 aliphatic rings. The monoisotopic (exact) mass is 196 g/mol. The van der Waals surface area contributed by atoms with Gasteiger partial charge in [0.25, 0.3) is 0 Å². The van der Waals surface area contributed by atoms with Crippen LogP contribution in [0.5, 0.6) is 0 Å². The molecule has 4 heteroatoms. The van der Waals surface area contributed by atoms with Crippen LogP contribution in [0.4, 0.5) is 0 Å². The predicted molar refractivity (Wildman–Crippen MR) is 51.7 cm³/mol. The van der Waals surface area contributed by atoms with Crippen LogP contribution < -0.4 is 5.32 Å². The average molecular weight is 196 g/mol. The zero-order chi connectivity index (χ0) is 9.80. The van der Waals surface area contributed by atoms with Crippen molar-refractivity contribution in [1.82, 2.24) is 10.5 Å². The van der Waals surface area contributed by atoms with Crippen molar-refractivity contribution in [3.8, 4) is 0 Å². The van der Waals surface area contributed by atoms with Crippen LogP contribution in [-0.2, 0) is 17.9 Å². The second-order valence-electron chi connectivity index (χ2n) is 3.68. The molecule has 1 fully saturated rings. The quantitative estimate of drug-likeness (QED) is 0.774. The molecule has 1 N–H and O–H groups in total. The van der Waals surface area contributed by atoms with Gasteiger partial charge in [0.05, 0.1) is 11.8 Å². The molecular weight excluding hydrogens is 180 g/mol. The molecule has 0 saturated heterocycles. The Hall–Kier alpha value is -0.870. The van der Waals surface area contributed by atoms with Gasteiger partial charge in [-0.15, -0.1) is 0 Å². The van der Waals surface area contributed by atoms with Crippen LogP contribution in [-0.4, -0.2) is 18.3 Å². The summed E-state index contributed by atoms with van der Waals surface area (Å²) in [5.74, 6) is 0.821. The molecule has 0 radical (unpaired) electrons. The summed E-state index contributed by atoms with van der Waals surface area (Å²) in [5.41, 5.74) is 0.930. The van der Waals surface area contributed by atoms with E-state index in [4.69, 9.17) is 9.26 Å². The fourth-order valence-electron chi connectivity index (χ4n) is 1.43. The molecule has 1 saturated carbocycles. The van der Waals surface area contributed by atoms with Crippen molar-refractivity contribution >= 4 is 0 Å². The number of nitrogens with one attached hydrogen (secondary N) is 1. The molecule has 2 rings (SSSR count). The third kappa shape index (κ3) is 2.33. The van der Waals surface area contributed by atoms with Crippen LogP contribution in [0.2, 0.25) is 0 Å². The van der Waals surface area contributed by atoms with Gasteiger partial charge in [0.15, 0.2) is 5.76 Å². The van der Waals surface area contributed by atoms with E-state index in [1.807, 2.05) is 13.1 Å². The van der Waals surface area contributed by atoms with E-state index in [0.29, 0.717) is 12.7 Å². The van der Waals surface area contributed by atoms with Crippen molar-refractivity contribution in [3.05, 3.63) is 17.5 Å². The van der Waals surface area contributed by atoms with E-state index in [-0.39, 0.29) is 0 Å². The van der Waals surface area contributed by atoms with Gasteiger partial charge in [0, 0.05) is 12.6 Å². The third-order valence-corrected chi connectivity index (χ3v) is 2.48. The molecule has 0 aromatic carbocycles. The van der Waals surface area contributed by atoms with Crippen molar-refractivity contribution in [2.75, 3.05) is 7.05 Å². The molecule has 0 aliphatic heterocycles. The lowest BCUT2D eigenvalue weighted by Gasteiger charge is -2.24. The zero-order valence-corrected chi connectivity index (χ0v) is 8.45. The number of hydrogen-bond acceptors (Lipinski definition) is 4. The molecule has 0 unspecified atom stereocenters. The predicted octanol–water partition coefficient (Wildman–Crippen LogP) is 1.46. The molecule has 1 aromatic heterocycles. The minimum Gasteiger partial charge on any atom is -0.370 e. The summed E-state index contributed by atoms with van der Waals surface area (Å²) in [7, 11) is 1.89. The number of hydrogen-bond donors (Lipinski definition) is 1. The van der Waals surface area contributed by atoms with Crippen LogP contribution in [0.25, 0.3) is 0 Å². The summed E-state index contributed by atoms with van der Waals surface area (Å²) < 4.78 is 10.7. The summed E-state index contributed by atoms with van der Waals surface area (Å²) in [6, 6.07) is 1.94. The molecule has 1 aromatic rings. The highest BCUT2D eigenvalue weighted by atomic mass is 16.5. The molecule has 0 amide bonds. The van der Waals surface area contributed by atoms with E-state index in [0.717, 1.165) is 18.0 Å². The summed E-state index contributed by atoms with van der Waals surface area (Å²) in [6.45, 7) is 1.30. The molecule has 4 nitrogen and oxygen atoms in total. The number of ether oxygens (including phenoxy) is 1. The number of rotatable bonds is 5. The largest absolute Gasteiger partial charge is 0.370 e. The van der Waals surface area contributed by atoms with Gasteiger partial charge < -0.3 is 14.6 Å². The molecule has 0 bridgehead atoms. The Morgan fingerprint density at radius 1 is 1.64 bits per heavy atom. The first-order valence-corrected chi connectivity index (χ1v) is 5.09. The Labute approximate surface area is 83.6 Å². The van der Waals surface area contributed by atoms with Crippen molar-refractivity contribution < 1.29 is 9.26 Å². The van der Waals surface area contributed by atoms with Crippen LogP contribution in [0.15, 0.2) is 10.6 Å². The maximum absolute atomic E-state index is 5.60. The topological polar surface area (TPSA) is 47.3 Å². The minimum atomic E-state index is 0.452. The third-order valence-electron chi connectivity index (χ3n) is 2.48. The lowest BCUT2D eigenvalue weighted by atomic mass is 9.96. The lowest BCUT2D eigenvalue weighted by Crippen LogP contribution is -2.20. The van der Waals surface area contributed by atoms with Gasteiger partial charge in [-0.2, -0.15) is 0 Å². The van der Waals surface area contributed by atoms with Gasteiger partial charge in [-0.1, -0.05) is 5.16 Å². The van der Waals surface area contributed by atoms with Crippen LogP contribution in [0.3, 0.4) is 0 Å². The van der Waals surface area contributed by atoms with E-state index in [1.165, 1.54) is 19.3 Å². The van der Waals surface area contributed by atoms with Gasteiger partial charge in [-0.25, -0.2) is 0 Å². The molecule has 78 valence electrons. The highest BCUT2D eigenvalue weighted by Crippen LogP contribution is 2.23. The molecule has 0 spiro atoms. The van der Waals surface area contributed by atoms with E-state index in [1.54, 1.807) is 0 Å². The highest BCUT2D eigenvalue weighted by molar-refractivity contribution is 5.04. The van der Waals surface area contributed by atoms with Crippen LogP contribution in [0, 0.1) is 0 Å². The number of aromatic nitrogens is 1. The second-order valence-corrected chi connectivity index (χ2v) is 3.68. The van der Waals surface area contributed by atoms with Gasteiger partial charge in [0.1, 0.15) is 6.61 Å². The molecule has 0 atom stereocenters. The summed E-state index contributed by atoms with van der Waals surface area (Å²) in [4.78, 5) is 0. The summed E-state index contributed by atoms with van der Waals surface area (Å²) in [5, 5.41) is 6.93. The Kier molecular flexibility index (Phi) is 3.16. The number of nitrogens with zero attached hydrogens (tertiary/aromatic N) is 1. The summed E-state index contributed by atoms with van der Waals surface area (Å²) >= 11 is 0. The SMILES string of the molecule is CNCc1cc(COC2CCC2)on1. The standard InChI is InChI=1S/C10H16N2O2/c1-11-6-8-5-10(14-12-8)7-13-9-3-2-4-9/h5,9,11H,2-4,6-7H2,1H3. The molecule has 14 heavy (non-hydrogen) atoms. The smallest absolute Gasteiger partial charge is 0.162 e. The Morgan fingerprint density at radius 2 is 2.50 bits per heavy atom. The van der Waals surface area contributed by atoms with Gasteiger partial charge in [0.2, 0.25) is 0 Å². The van der Waals surface area contributed by atoms with E-state index >= 15 is 0 Å². The first kappa shape index (κ1) is 9.68. The highest BCUT2D eigenvalue weighted by Gasteiger charge is 2.18. The van der Waals surface area contributed by atoms with Crippen molar-refractivity contribution in [2.45, 2.75) is 38.5 Å². The van der Waals surface area contributed by atoms with Gasteiger partial charge in [-0.3, -0.25) is 0 Å². The van der Waals surface area contributed by atoms with Gasteiger partial charge >= 0.3 is 0 Å². The maximum atomic E-state index is 5.60. The van der Waals surface area contributed by atoms with Crippen LogP contribution >= 0.6 is 0 Å². The molecule has 1 heterocycles. The lowest BCUT2D eigenvalue weighted by molar-refractivity contribution is -0.0174. The fourth-order valence-corrected chi connectivity index (χ4v) is 1.43. The van der Waals surface area contributed by atoms with E-state index in [9.17, 15) is 0 Å². The van der Waals surface area contributed by atoms with E-state index < -0.39 is 0 Å². The first-order chi connectivity index (χ1) is 6.88. The van der Waals surface area contributed by atoms with Crippen LogP contribution in [0.1, 0.15) is 30.7 Å².